The number of nitrogen functional groups attached to an aromatic ring is 1. The minimum Gasteiger partial charge on any atom is -0.403 e. The summed E-state index contributed by atoms with van der Waals surface area (Å²) in [5, 5.41) is 7.40. The van der Waals surface area contributed by atoms with Crippen LogP contribution in [0, 0.1) is 12.7 Å². The number of anilines is 1. The first-order chi connectivity index (χ1) is 11.4. The number of aryl methyl sites for hydroxylation is 2. The maximum atomic E-state index is 14.6. The summed E-state index contributed by atoms with van der Waals surface area (Å²) >= 11 is 3.40. The summed E-state index contributed by atoms with van der Waals surface area (Å²) in [7, 11) is 1.46. The smallest absolute Gasteiger partial charge is 0.313 e. The molecule has 124 valence electrons. The van der Waals surface area contributed by atoms with E-state index in [0.29, 0.717) is 5.56 Å². The number of nitrogens with two attached hydrogens (primary N) is 1. The van der Waals surface area contributed by atoms with Crippen LogP contribution in [0.1, 0.15) is 16.7 Å². The van der Waals surface area contributed by atoms with Crippen LogP contribution in [-0.2, 0) is 13.5 Å². The van der Waals surface area contributed by atoms with Gasteiger partial charge in [-0.3, -0.25) is 4.79 Å². The van der Waals surface area contributed by atoms with E-state index in [1.54, 1.807) is 0 Å². The van der Waals surface area contributed by atoms with Gasteiger partial charge in [-0.1, -0.05) is 27.1 Å². The fourth-order valence-electron chi connectivity index (χ4n) is 2.48. The van der Waals surface area contributed by atoms with Crippen molar-refractivity contribution < 1.29 is 8.81 Å². The van der Waals surface area contributed by atoms with Crippen molar-refractivity contribution in [3.05, 3.63) is 61.7 Å². The summed E-state index contributed by atoms with van der Waals surface area (Å²) in [6.07, 6.45) is 1.69. The lowest BCUT2D eigenvalue weighted by Gasteiger charge is -2.12. The van der Waals surface area contributed by atoms with Gasteiger partial charge in [0, 0.05) is 29.7 Å². The lowest BCUT2D eigenvalue weighted by atomic mass is 9.97. The van der Waals surface area contributed by atoms with Crippen LogP contribution in [0.15, 0.2) is 38.1 Å². The van der Waals surface area contributed by atoms with E-state index >= 15 is 0 Å². The summed E-state index contributed by atoms with van der Waals surface area (Å²) < 4.78 is 21.9. The quantitative estimate of drug-likeness (QED) is 0.740. The SMILES string of the molecule is Cc1cc(Br)ccc1Cc1c(-c2nnc(N)o2)cn(C)c(=O)c1F. The van der Waals surface area contributed by atoms with Gasteiger partial charge in [0.25, 0.3) is 11.4 Å². The highest BCUT2D eigenvalue weighted by atomic mass is 79.9. The second-order valence-electron chi connectivity index (χ2n) is 5.44. The highest BCUT2D eigenvalue weighted by molar-refractivity contribution is 9.10. The minimum atomic E-state index is -0.839. The molecule has 6 nitrogen and oxygen atoms in total. The molecule has 24 heavy (non-hydrogen) atoms. The number of hydrogen-bond acceptors (Lipinski definition) is 5. The lowest BCUT2D eigenvalue weighted by molar-refractivity contribution is 0.565. The van der Waals surface area contributed by atoms with Crippen LogP contribution in [0.25, 0.3) is 11.5 Å². The molecule has 0 amide bonds. The van der Waals surface area contributed by atoms with E-state index in [1.165, 1.54) is 13.2 Å². The second-order valence-corrected chi connectivity index (χ2v) is 6.36. The molecule has 0 bridgehead atoms. The number of pyridine rings is 1. The summed E-state index contributed by atoms with van der Waals surface area (Å²) in [5.41, 5.74) is 7.16. The molecule has 0 aliphatic rings. The predicted octanol–water partition coefficient (Wildman–Crippen LogP) is 2.82. The van der Waals surface area contributed by atoms with E-state index in [2.05, 4.69) is 26.1 Å². The van der Waals surface area contributed by atoms with Crippen molar-refractivity contribution in [2.24, 2.45) is 7.05 Å². The second kappa shape index (κ2) is 6.20. The van der Waals surface area contributed by atoms with Gasteiger partial charge in [-0.15, -0.1) is 5.10 Å². The third-order valence-electron chi connectivity index (χ3n) is 3.76. The molecule has 2 heterocycles. The maximum absolute atomic E-state index is 14.6. The Hall–Kier alpha value is -2.48. The fourth-order valence-corrected chi connectivity index (χ4v) is 2.96. The number of aromatic nitrogens is 3. The summed E-state index contributed by atoms with van der Waals surface area (Å²) in [4.78, 5) is 12.0. The van der Waals surface area contributed by atoms with Crippen molar-refractivity contribution in [2.75, 3.05) is 5.73 Å². The zero-order chi connectivity index (χ0) is 17.4. The van der Waals surface area contributed by atoms with Crippen molar-refractivity contribution in [3.8, 4) is 11.5 Å². The Kier molecular flexibility index (Phi) is 4.23. The zero-order valence-electron chi connectivity index (χ0n) is 13.0. The average molecular weight is 393 g/mol. The molecule has 0 unspecified atom stereocenters. The van der Waals surface area contributed by atoms with Gasteiger partial charge in [-0.25, -0.2) is 4.39 Å². The molecular weight excluding hydrogens is 379 g/mol. The Morgan fingerprint density at radius 2 is 2.12 bits per heavy atom. The van der Waals surface area contributed by atoms with E-state index in [9.17, 15) is 9.18 Å². The molecule has 0 aliphatic carbocycles. The predicted molar refractivity (Wildman–Crippen MR) is 91.0 cm³/mol. The van der Waals surface area contributed by atoms with E-state index in [0.717, 1.165) is 20.2 Å². The maximum Gasteiger partial charge on any atom is 0.313 e. The molecule has 3 rings (SSSR count). The van der Waals surface area contributed by atoms with Crippen molar-refractivity contribution in [1.82, 2.24) is 14.8 Å². The number of hydrogen-bond donors (Lipinski definition) is 1. The van der Waals surface area contributed by atoms with Gasteiger partial charge in [0.05, 0.1) is 5.56 Å². The van der Waals surface area contributed by atoms with Gasteiger partial charge in [-0.05, 0) is 30.2 Å². The van der Waals surface area contributed by atoms with Gasteiger partial charge in [0.1, 0.15) is 0 Å². The number of rotatable bonds is 3. The molecule has 0 saturated heterocycles. The van der Waals surface area contributed by atoms with Gasteiger partial charge in [0.15, 0.2) is 5.82 Å². The van der Waals surface area contributed by atoms with Crippen LogP contribution in [0.4, 0.5) is 10.4 Å². The zero-order valence-corrected chi connectivity index (χ0v) is 14.6. The van der Waals surface area contributed by atoms with Crippen molar-refractivity contribution in [1.29, 1.82) is 0 Å². The molecule has 0 spiro atoms. The number of nitrogens with zero attached hydrogens (tertiary/aromatic N) is 3. The van der Waals surface area contributed by atoms with Crippen molar-refractivity contribution in [3.63, 3.8) is 0 Å². The van der Waals surface area contributed by atoms with Crippen LogP contribution < -0.4 is 11.3 Å². The molecule has 3 aromatic rings. The highest BCUT2D eigenvalue weighted by Crippen LogP contribution is 2.27. The highest BCUT2D eigenvalue weighted by Gasteiger charge is 2.20. The Labute approximate surface area is 145 Å². The molecule has 0 fully saturated rings. The Morgan fingerprint density at radius 1 is 1.38 bits per heavy atom. The molecule has 1 aromatic carbocycles. The Bertz CT molecular complexity index is 981. The molecule has 8 heteroatoms. The van der Waals surface area contributed by atoms with E-state index in [-0.39, 0.29) is 23.9 Å². The van der Waals surface area contributed by atoms with E-state index < -0.39 is 11.4 Å². The molecule has 2 N–H and O–H groups in total. The van der Waals surface area contributed by atoms with Gasteiger partial charge in [-0.2, -0.15) is 0 Å². The molecule has 0 atom stereocenters. The van der Waals surface area contributed by atoms with Gasteiger partial charge in [0.2, 0.25) is 0 Å². The third-order valence-corrected chi connectivity index (χ3v) is 4.26. The molecule has 2 aromatic heterocycles. The van der Waals surface area contributed by atoms with Crippen molar-refractivity contribution in [2.45, 2.75) is 13.3 Å². The van der Waals surface area contributed by atoms with Crippen LogP contribution in [0.2, 0.25) is 0 Å². The van der Waals surface area contributed by atoms with E-state index in [1.807, 2.05) is 25.1 Å². The first-order valence-corrected chi connectivity index (χ1v) is 7.88. The molecule has 0 radical (unpaired) electrons. The summed E-state index contributed by atoms with van der Waals surface area (Å²) in [6.45, 7) is 1.92. The number of halogens is 2. The first-order valence-electron chi connectivity index (χ1n) is 7.09. The normalized spacial score (nSPS) is 11.0. The fraction of sp³-hybridized carbons (Fsp3) is 0.188. The van der Waals surface area contributed by atoms with Gasteiger partial charge < -0.3 is 14.7 Å². The Balaban J connectivity index is 2.18. The third kappa shape index (κ3) is 2.96. The molecular formula is C16H14BrFN4O2. The molecule has 0 saturated carbocycles. The van der Waals surface area contributed by atoms with Crippen LogP contribution in [0.5, 0.6) is 0 Å². The first kappa shape index (κ1) is 16.4. The lowest BCUT2D eigenvalue weighted by Crippen LogP contribution is -2.22. The van der Waals surface area contributed by atoms with Gasteiger partial charge >= 0.3 is 6.01 Å². The monoisotopic (exact) mass is 392 g/mol. The summed E-state index contributed by atoms with van der Waals surface area (Å²) in [5.74, 6) is -0.763. The van der Waals surface area contributed by atoms with Crippen molar-refractivity contribution >= 4 is 21.9 Å². The standard InChI is InChI=1S/C16H14BrFN4O2/c1-8-5-10(17)4-3-9(8)6-11-12(14-20-21-16(19)24-14)7-22(2)15(23)13(11)18/h3-5,7H,6H2,1-2H3,(H2,19,21). The van der Waals surface area contributed by atoms with Crippen LogP contribution in [-0.4, -0.2) is 14.8 Å². The number of benzene rings is 1. The van der Waals surface area contributed by atoms with Crippen LogP contribution >= 0.6 is 15.9 Å². The summed E-state index contributed by atoms with van der Waals surface area (Å²) in [6, 6.07) is 5.55. The average Bonchev–Trinajstić information content (AvgIpc) is 2.96. The van der Waals surface area contributed by atoms with Crippen LogP contribution in [0.3, 0.4) is 0 Å². The molecule has 0 aliphatic heterocycles. The van der Waals surface area contributed by atoms with E-state index in [4.69, 9.17) is 10.2 Å². The largest absolute Gasteiger partial charge is 0.403 e. The minimum absolute atomic E-state index is 0.0757. The Morgan fingerprint density at radius 3 is 2.75 bits per heavy atom. The topological polar surface area (TPSA) is 86.9 Å².